The molecular formula is C27H30N6O5S. The molecule has 0 saturated carbocycles. The Hall–Kier alpha value is -4.29. The van der Waals surface area contributed by atoms with E-state index in [-0.39, 0.29) is 23.8 Å². The first-order valence-corrected chi connectivity index (χ1v) is 13.8. The topological polar surface area (TPSA) is 189 Å². The molecule has 0 radical (unpaired) electrons. The number of nitrogens with zero attached hydrogens (tertiary/aromatic N) is 1. The maximum atomic E-state index is 13.5. The predicted octanol–water partition coefficient (Wildman–Crippen LogP) is 0.954. The van der Waals surface area contributed by atoms with Gasteiger partial charge >= 0.3 is 0 Å². The summed E-state index contributed by atoms with van der Waals surface area (Å²) in [5, 5.41) is 11.8. The van der Waals surface area contributed by atoms with Gasteiger partial charge in [0.05, 0.1) is 11.3 Å². The highest BCUT2D eigenvalue weighted by Gasteiger charge is 2.39. The Morgan fingerprint density at radius 1 is 1.00 bits per heavy atom. The van der Waals surface area contributed by atoms with Crippen molar-refractivity contribution >= 4 is 44.4 Å². The van der Waals surface area contributed by atoms with Gasteiger partial charge in [-0.1, -0.05) is 54.6 Å². The Morgan fingerprint density at radius 3 is 2.36 bits per heavy atom. The Kier molecular flexibility index (Phi) is 8.27. The molecule has 0 aliphatic carbocycles. The summed E-state index contributed by atoms with van der Waals surface area (Å²) in [7, 11) is -4.19. The molecule has 1 saturated heterocycles. The molecule has 39 heavy (non-hydrogen) atoms. The molecule has 0 spiro atoms. The number of nitrogens with two attached hydrogens (primary N) is 2. The van der Waals surface area contributed by atoms with E-state index in [0.29, 0.717) is 23.8 Å². The van der Waals surface area contributed by atoms with Gasteiger partial charge in [-0.25, -0.2) is 8.42 Å². The van der Waals surface area contributed by atoms with Gasteiger partial charge in [0.25, 0.3) is 0 Å². The van der Waals surface area contributed by atoms with Crippen LogP contribution in [0, 0.1) is 5.41 Å². The molecule has 1 aliphatic heterocycles. The van der Waals surface area contributed by atoms with Gasteiger partial charge < -0.3 is 21.7 Å². The number of hydrogen-bond acceptors (Lipinski definition) is 6. The Bertz CT molecular complexity index is 1520. The number of carbonyl (C=O) groups is 3. The highest BCUT2D eigenvalue weighted by molar-refractivity contribution is 7.89. The standard InChI is InChI=1S/C27H30N6O5S/c28-24(34)15-22(32-39(37,38)21-12-11-18-4-1-2-5-20(18)14-21)27(36)33-13-3-6-23(33)26(35)31-16-17-7-9-19(10-8-17)25(29)30/h1-2,4-5,7-12,14,22-23,32H,3,6,13,15-16H2,(H2,28,34)(H3,29,30)(H,31,35)/t22-,23-/m0/s1. The average molecular weight is 551 g/mol. The largest absolute Gasteiger partial charge is 0.384 e. The van der Waals surface area contributed by atoms with Crippen LogP contribution in [-0.2, 0) is 31.0 Å². The van der Waals surface area contributed by atoms with Crippen LogP contribution >= 0.6 is 0 Å². The van der Waals surface area contributed by atoms with Crippen molar-refractivity contribution in [1.29, 1.82) is 5.41 Å². The minimum absolute atomic E-state index is 0.0602. The van der Waals surface area contributed by atoms with E-state index in [1.54, 1.807) is 42.5 Å². The molecule has 1 fully saturated rings. The second-order valence-corrected chi connectivity index (χ2v) is 11.1. The van der Waals surface area contributed by atoms with Gasteiger partial charge in [0, 0.05) is 18.7 Å². The van der Waals surface area contributed by atoms with Crippen LogP contribution in [0.5, 0.6) is 0 Å². The predicted molar refractivity (Wildman–Crippen MR) is 146 cm³/mol. The first kappa shape index (κ1) is 27.7. The summed E-state index contributed by atoms with van der Waals surface area (Å²) in [5.74, 6) is -2.01. The molecule has 7 N–H and O–H groups in total. The van der Waals surface area contributed by atoms with Gasteiger partial charge in [-0.3, -0.25) is 19.8 Å². The van der Waals surface area contributed by atoms with E-state index in [1.807, 2.05) is 12.1 Å². The highest BCUT2D eigenvalue weighted by Crippen LogP contribution is 2.22. The zero-order valence-corrected chi connectivity index (χ0v) is 21.9. The summed E-state index contributed by atoms with van der Waals surface area (Å²) in [6.07, 6.45) is 0.373. The summed E-state index contributed by atoms with van der Waals surface area (Å²) in [6, 6.07) is 16.3. The second-order valence-electron chi connectivity index (χ2n) is 9.37. The van der Waals surface area contributed by atoms with Gasteiger partial charge in [0.1, 0.15) is 17.9 Å². The van der Waals surface area contributed by atoms with E-state index in [4.69, 9.17) is 16.9 Å². The van der Waals surface area contributed by atoms with E-state index in [1.165, 1.54) is 17.0 Å². The number of primary amides is 1. The number of sulfonamides is 1. The van der Waals surface area contributed by atoms with Crippen LogP contribution in [0.1, 0.15) is 30.4 Å². The smallest absolute Gasteiger partial charge is 0.243 e. The number of benzene rings is 3. The summed E-state index contributed by atoms with van der Waals surface area (Å²) < 4.78 is 28.7. The fourth-order valence-electron chi connectivity index (χ4n) is 4.58. The lowest BCUT2D eigenvalue weighted by atomic mass is 10.1. The van der Waals surface area contributed by atoms with Gasteiger partial charge in [-0.15, -0.1) is 0 Å². The first-order chi connectivity index (χ1) is 18.5. The molecule has 12 heteroatoms. The molecule has 1 heterocycles. The molecule has 0 bridgehead atoms. The number of nitrogens with one attached hydrogen (secondary N) is 3. The monoisotopic (exact) mass is 550 g/mol. The van der Waals surface area contributed by atoms with E-state index in [0.717, 1.165) is 10.9 Å². The van der Waals surface area contributed by atoms with Crippen molar-refractivity contribution < 1.29 is 22.8 Å². The van der Waals surface area contributed by atoms with Crippen LogP contribution in [-0.4, -0.2) is 55.5 Å². The minimum atomic E-state index is -4.19. The minimum Gasteiger partial charge on any atom is -0.384 e. The van der Waals surface area contributed by atoms with E-state index >= 15 is 0 Å². The summed E-state index contributed by atoms with van der Waals surface area (Å²) in [6.45, 7) is 0.423. The third-order valence-electron chi connectivity index (χ3n) is 6.60. The molecule has 0 aromatic heterocycles. The van der Waals surface area contributed by atoms with Crippen LogP contribution in [0.25, 0.3) is 10.8 Å². The quantitative estimate of drug-likeness (QED) is 0.184. The normalized spacial score (nSPS) is 16.1. The van der Waals surface area contributed by atoms with Crippen LogP contribution in [0.3, 0.4) is 0 Å². The summed E-state index contributed by atoms with van der Waals surface area (Å²) in [5.41, 5.74) is 12.2. The fourth-order valence-corrected chi connectivity index (χ4v) is 5.81. The second kappa shape index (κ2) is 11.6. The van der Waals surface area contributed by atoms with Crippen LogP contribution < -0.4 is 21.5 Å². The van der Waals surface area contributed by atoms with E-state index in [9.17, 15) is 22.8 Å². The molecule has 3 aromatic rings. The van der Waals surface area contributed by atoms with E-state index in [2.05, 4.69) is 10.0 Å². The molecule has 0 unspecified atom stereocenters. The number of hydrogen-bond donors (Lipinski definition) is 5. The summed E-state index contributed by atoms with van der Waals surface area (Å²) >= 11 is 0. The van der Waals surface area contributed by atoms with Gasteiger partial charge in [-0.2, -0.15) is 4.72 Å². The third kappa shape index (κ3) is 6.59. The molecule has 4 rings (SSSR count). The Balaban J connectivity index is 1.47. The molecule has 3 aromatic carbocycles. The van der Waals surface area contributed by atoms with E-state index < -0.39 is 46.2 Å². The molecule has 2 atom stereocenters. The van der Waals surface area contributed by atoms with Crippen molar-refractivity contribution in [2.24, 2.45) is 11.5 Å². The fraction of sp³-hybridized carbons (Fsp3) is 0.259. The molecule has 1 aliphatic rings. The third-order valence-corrected chi connectivity index (χ3v) is 8.07. The van der Waals surface area contributed by atoms with Gasteiger partial charge in [0.2, 0.25) is 27.7 Å². The number of amides is 3. The Labute approximate surface area is 226 Å². The molecule has 204 valence electrons. The zero-order chi connectivity index (χ0) is 28.2. The number of rotatable bonds is 10. The lowest BCUT2D eigenvalue weighted by Gasteiger charge is -2.28. The van der Waals surface area contributed by atoms with Crippen molar-refractivity contribution in [1.82, 2.24) is 14.9 Å². The SMILES string of the molecule is N=C(N)c1ccc(CNC(=O)[C@@H]2CCCN2C(=O)[C@H](CC(N)=O)NS(=O)(=O)c2ccc3ccccc3c2)cc1. The highest BCUT2D eigenvalue weighted by atomic mass is 32.2. The number of nitrogen functional groups attached to an aromatic ring is 1. The molecule has 11 nitrogen and oxygen atoms in total. The molecule has 3 amide bonds. The van der Waals surface area contributed by atoms with Crippen molar-refractivity contribution in [2.75, 3.05) is 6.54 Å². The number of likely N-dealkylation sites (tertiary alicyclic amines) is 1. The van der Waals surface area contributed by atoms with Crippen LogP contribution in [0.2, 0.25) is 0 Å². The molecular weight excluding hydrogens is 520 g/mol. The maximum Gasteiger partial charge on any atom is 0.243 e. The van der Waals surface area contributed by atoms with Crippen molar-refractivity contribution in [3.05, 3.63) is 77.9 Å². The lowest BCUT2D eigenvalue weighted by Crippen LogP contribution is -2.54. The van der Waals surface area contributed by atoms with Crippen LogP contribution in [0.15, 0.2) is 71.6 Å². The average Bonchev–Trinajstić information content (AvgIpc) is 3.40. The Morgan fingerprint density at radius 2 is 1.69 bits per heavy atom. The number of fused-ring (bicyclic) bond motifs is 1. The summed E-state index contributed by atoms with van der Waals surface area (Å²) in [4.78, 5) is 39.5. The number of carbonyl (C=O) groups excluding carboxylic acids is 3. The van der Waals surface area contributed by atoms with Gasteiger partial charge in [0.15, 0.2) is 0 Å². The van der Waals surface area contributed by atoms with Crippen molar-refractivity contribution in [2.45, 2.75) is 42.8 Å². The van der Waals surface area contributed by atoms with Crippen molar-refractivity contribution in [3.8, 4) is 0 Å². The first-order valence-electron chi connectivity index (χ1n) is 12.4. The van der Waals surface area contributed by atoms with Crippen molar-refractivity contribution in [3.63, 3.8) is 0 Å². The lowest BCUT2D eigenvalue weighted by molar-refractivity contribution is -0.140. The number of amidine groups is 1. The zero-order valence-electron chi connectivity index (χ0n) is 21.1. The van der Waals surface area contributed by atoms with Gasteiger partial charge in [-0.05, 0) is 41.3 Å². The van der Waals surface area contributed by atoms with Crippen LogP contribution in [0.4, 0.5) is 0 Å². The maximum absolute atomic E-state index is 13.5.